The van der Waals surface area contributed by atoms with Crippen LogP contribution in [0.2, 0.25) is 0 Å². The third kappa shape index (κ3) is 4.02. The van der Waals surface area contributed by atoms with E-state index in [-0.39, 0.29) is 12.0 Å². The molecule has 2 saturated heterocycles. The zero-order valence-corrected chi connectivity index (χ0v) is 14.1. The average molecular weight is 308 g/mol. The fraction of sp³-hybridized carbons (Fsp3) is 0.944. The molecule has 0 aromatic rings. The molecule has 1 N–H and O–H groups in total. The monoisotopic (exact) mass is 308 g/mol. The zero-order chi connectivity index (χ0) is 15.4. The second-order valence-electron chi connectivity index (χ2n) is 7.47. The van der Waals surface area contributed by atoms with E-state index in [0.29, 0.717) is 6.10 Å². The molecule has 4 heteroatoms. The summed E-state index contributed by atoms with van der Waals surface area (Å²) < 4.78 is 6.12. The molecule has 0 radical (unpaired) electrons. The van der Waals surface area contributed by atoms with Gasteiger partial charge in [-0.25, -0.2) is 0 Å². The number of hydrogen-bond acceptors (Lipinski definition) is 3. The van der Waals surface area contributed by atoms with Crippen LogP contribution in [0.4, 0.5) is 0 Å². The molecule has 1 unspecified atom stereocenters. The minimum Gasteiger partial charge on any atom is -0.365 e. The lowest BCUT2D eigenvalue weighted by atomic mass is 9.92. The molecule has 3 rings (SSSR count). The quantitative estimate of drug-likeness (QED) is 0.815. The maximum Gasteiger partial charge on any atom is 0.251 e. The fourth-order valence-corrected chi connectivity index (χ4v) is 4.42. The lowest BCUT2D eigenvalue weighted by Gasteiger charge is -2.27. The van der Waals surface area contributed by atoms with E-state index >= 15 is 0 Å². The van der Waals surface area contributed by atoms with Crippen LogP contribution in [-0.4, -0.2) is 49.2 Å². The first-order chi connectivity index (χ1) is 10.7. The Hall–Kier alpha value is -0.610. The maximum absolute atomic E-state index is 12.7. The SMILES string of the molecule is CC(OC1CCCCCC1)C(=O)N1CC[C@@H]2CNC[C@@H]2CC1. The van der Waals surface area contributed by atoms with Crippen molar-refractivity contribution in [2.75, 3.05) is 26.2 Å². The first-order valence-electron chi connectivity index (χ1n) is 9.39. The first kappa shape index (κ1) is 16.3. The second kappa shape index (κ2) is 7.78. The molecular weight excluding hydrogens is 276 g/mol. The number of hydrogen-bond donors (Lipinski definition) is 1. The molecule has 1 saturated carbocycles. The van der Waals surface area contributed by atoms with E-state index in [1.54, 1.807) is 0 Å². The Bertz CT molecular complexity index is 352. The molecule has 0 spiro atoms. The molecule has 3 aliphatic rings. The van der Waals surface area contributed by atoms with Crippen LogP contribution < -0.4 is 5.32 Å². The van der Waals surface area contributed by atoms with Gasteiger partial charge in [0.1, 0.15) is 6.10 Å². The minimum atomic E-state index is -0.265. The van der Waals surface area contributed by atoms with E-state index in [1.807, 2.05) is 6.92 Å². The van der Waals surface area contributed by atoms with Gasteiger partial charge < -0.3 is 15.0 Å². The minimum absolute atomic E-state index is 0.220. The van der Waals surface area contributed by atoms with Gasteiger partial charge in [-0.1, -0.05) is 25.7 Å². The van der Waals surface area contributed by atoms with Crippen molar-refractivity contribution < 1.29 is 9.53 Å². The number of fused-ring (bicyclic) bond motifs is 1. The van der Waals surface area contributed by atoms with Crippen molar-refractivity contribution in [3.8, 4) is 0 Å². The molecule has 0 bridgehead atoms. The lowest BCUT2D eigenvalue weighted by Crippen LogP contribution is -2.41. The summed E-state index contributed by atoms with van der Waals surface area (Å²) in [6, 6.07) is 0. The van der Waals surface area contributed by atoms with E-state index < -0.39 is 0 Å². The van der Waals surface area contributed by atoms with Gasteiger partial charge in [0.25, 0.3) is 5.91 Å². The Morgan fingerprint density at radius 3 is 2.18 bits per heavy atom. The molecule has 3 fully saturated rings. The van der Waals surface area contributed by atoms with Crippen LogP contribution in [0.3, 0.4) is 0 Å². The summed E-state index contributed by atoms with van der Waals surface area (Å²) >= 11 is 0. The Kier molecular flexibility index (Phi) is 5.75. The second-order valence-corrected chi connectivity index (χ2v) is 7.47. The van der Waals surface area contributed by atoms with Gasteiger partial charge >= 0.3 is 0 Å². The highest BCUT2D eigenvalue weighted by atomic mass is 16.5. The summed E-state index contributed by atoms with van der Waals surface area (Å²) in [6.07, 6.45) is 9.77. The Morgan fingerprint density at radius 1 is 1.00 bits per heavy atom. The molecule has 1 amide bonds. The van der Waals surface area contributed by atoms with Crippen molar-refractivity contribution in [2.45, 2.75) is 70.5 Å². The van der Waals surface area contributed by atoms with E-state index in [1.165, 1.54) is 25.7 Å². The Balaban J connectivity index is 1.49. The van der Waals surface area contributed by atoms with Crippen molar-refractivity contribution in [1.82, 2.24) is 10.2 Å². The number of nitrogens with zero attached hydrogens (tertiary/aromatic N) is 1. The van der Waals surface area contributed by atoms with Gasteiger partial charge in [-0.2, -0.15) is 0 Å². The van der Waals surface area contributed by atoms with Gasteiger partial charge in [-0.3, -0.25) is 4.79 Å². The number of nitrogens with one attached hydrogen (secondary N) is 1. The van der Waals surface area contributed by atoms with Gasteiger partial charge in [0.2, 0.25) is 0 Å². The molecule has 0 aromatic carbocycles. The van der Waals surface area contributed by atoms with Crippen molar-refractivity contribution in [1.29, 1.82) is 0 Å². The summed E-state index contributed by atoms with van der Waals surface area (Å²) in [4.78, 5) is 14.8. The van der Waals surface area contributed by atoms with E-state index in [9.17, 15) is 4.79 Å². The topological polar surface area (TPSA) is 41.6 Å². The van der Waals surface area contributed by atoms with Crippen molar-refractivity contribution in [3.05, 3.63) is 0 Å². The molecule has 4 nitrogen and oxygen atoms in total. The van der Waals surface area contributed by atoms with E-state index in [4.69, 9.17) is 4.74 Å². The van der Waals surface area contributed by atoms with Gasteiger partial charge in [0.05, 0.1) is 6.10 Å². The summed E-state index contributed by atoms with van der Waals surface area (Å²) in [7, 11) is 0. The van der Waals surface area contributed by atoms with Crippen molar-refractivity contribution >= 4 is 5.91 Å². The summed E-state index contributed by atoms with van der Waals surface area (Å²) in [5, 5.41) is 3.49. The highest BCUT2D eigenvalue weighted by Gasteiger charge is 2.33. The predicted octanol–water partition coefficient (Wildman–Crippen LogP) is 2.57. The molecule has 22 heavy (non-hydrogen) atoms. The summed E-state index contributed by atoms with van der Waals surface area (Å²) in [5.41, 5.74) is 0. The number of carbonyl (C=O) groups excluding carboxylic acids is 1. The third-order valence-corrected chi connectivity index (χ3v) is 5.88. The highest BCUT2D eigenvalue weighted by molar-refractivity contribution is 5.80. The first-order valence-corrected chi connectivity index (χ1v) is 9.39. The number of amides is 1. The van der Waals surface area contributed by atoms with Crippen LogP contribution in [0.25, 0.3) is 0 Å². The lowest BCUT2D eigenvalue weighted by molar-refractivity contribution is -0.146. The highest BCUT2D eigenvalue weighted by Crippen LogP contribution is 2.28. The van der Waals surface area contributed by atoms with Crippen LogP contribution in [0, 0.1) is 11.8 Å². The largest absolute Gasteiger partial charge is 0.365 e. The number of ether oxygens (including phenoxy) is 1. The smallest absolute Gasteiger partial charge is 0.251 e. The van der Waals surface area contributed by atoms with Crippen LogP contribution in [-0.2, 0) is 9.53 Å². The predicted molar refractivity (Wildman–Crippen MR) is 87.7 cm³/mol. The summed E-state index contributed by atoms with van der Waals surface area (Å²) in [5.74, 6) is 1.77. The zero-order valence-electron chi connectivity index (χ0n) is 14.1. The summed E-state index contributed by atoms with van der Waals surface area (Å²) in [6.45, 7) is 6.07. The number of carbonyl (C=O) groups is 1. The average Bonchev–Trinajstić information content (AvgIpc) is 2.72. The van der Waals surface area contributed by atoms with Crippen molar-refractivity contribution in [3.63, 3.8) is 0 Å². The molecule has 3 atom stereocenters. The van der Waals surface area contributed by atoms with Crippen LogP contribution >= 0.6 is 0 Å². The van der Waals surface area contributed by atoms with Crippen LogP contribution in [0.1, 0.15) is 58.3 Å². The Labute approximate surface area is 135 Å². The fourth-order valence-electron chi connectivity index (χ4n) is 4.42. The molecule has 2 aliphatic heterocycles. The molecular formula is C18H32N2O2. The third-order valence-electron chi connectivity index (χ3n) is 5.88. The Morgan fingerprint density at radius 2 is 1.59 bits per heavy atom. The number of likely N-dealkylation sites (tertiary alicyclic amines) is 1. The maximum atomic E-state index is 12.7. The van der Waals surface area contributed by atoms with E-state index in [2.05, 4.69) is 10.2 Å². The molecule has 1 aliphatic carbocycles. The van der Waals surface area contributed by atoms with Gasteiger partial charge in [-0.05, 0) is 57.5 Å². The van der Waals surface area contributed by atoms with Gasteiger partial charge in [0, 0.05) is 13.1 Å². The van der Waals surface area contributed by atoms with Crippen LogP contribution in [0.5, 0.6) is 0 Å². The molecule has 2 heterocycles. The molecule has 0 aromatic heterocycles. The van der Waals surface area contributed by atoms with Gasteiger partial charge in [-0.15, -0.1) is 0 Å². The van der Waals surface area contributed by atoms with Crippen molar-refractivity contribution in [2.24, 2.45) is 11.8 Å². The number of rotatable bonds is 3. The van der Waals surface area contributed by atoms with E-state index in [0.717, 1.165) is 63.7 Å². The van der Waals surface area contributed by atoms with Gasteiger partial charge in [0.15, 0.2) is 0 Å². The normalized spacial score (nSPS) is 32.1. The molecule has 126 valence electrons. The van der Waals surface area contributed by atoms with Crippen LogP contribution in [0.15, 0.2) is 0 Å². The standard InChI is InChI=1S/C18H32N2O2/c1-14(22-17-6-4-2-3-5-7-17)18(21)20-10-8-15-12-19-13-16(15)9-11-20/h14-17,19H,2-13H2,1H3/t14?,15-,16+.